The number of amides is 2. The van der Waals surface area contributed by atoms with Crippen molar-refractivity contribution in [3.8, 4) is 5.75 Å². The van der Waals surface area contributed by atoms with Crippen LogP contribution < -0.4 is 4.74 Å². The minimum absolute atomic E-state index is 0.274. The van der Waals surface area contributed by atoms with Gasteiger partial charge < -0.3 is 4.74 Å². The number of hydrogen-bond acceptors (Lipinski definition) is 5. The van der Waals surface area contributed by atoms with Gasteiger partial charge in [0.2, 0.25) is 0 Å². The van der Waals surface area contributed by atoms with Crippen molar-refractivity contribution < 1.29 is 19.1 Å². The normalized spacial score (nSPS) is 15.5. The molecule has 0 spiro atoms. The number of carbonyl (C=O) groups is 3. The number of halogens is 1. The first kappa shape index (κ1) is 19.4. The van der Waals surface area contributed by atoms with Crippen LogP contribution in [0, 0.1) is 0 Å². The molecule has 0 radical (unpaired) electrons. The number of thioether (sulfide) groups is 1. The number of Topliss-reactive ketones (excluding diaryl/α,β-unsaturated/α-hetero) is 1. The summed E-state index contributed by atoms with van der Waals surface area (Å²) in [7, 11) is 0. The van der Waals surface area contributed by atoms with E-state index in [9.17, 15) is 14.4 Å². The van der Waals surface area contributed by atoms with E-state index in [0.717, 1.165) is 21.1 Å². The van der Waals surface area contributed by atoms with Crippen LogP contribution in [0.4, 0.5) is 4.79 Å². The van der Waals surface area contributed by atoms with Gasteiger partial charge in [-0.25, -0.2) is 0 Å². The molecule has 0 atom stereocenters. The van der Waals surface area contributed by atoms with E-state index in [4.69, 9.17) is 4.74 Å². The minimum atomic E-state index is -0.471. The summed E-state index contributed by atoms with van der Waals surface area (Å²) in [6, 6.07) is 14.1. The summed E-state index contributed by atoms with van der Waals surface area (Å²) >= 11 is 4.13. The summed E-state index contributed by atoms with van der Waals surface area (Å²) in [4.78, 5) is 38.5. The van der Waals surface area contributed by atoms with Crippen molar-refractivity contribution in [2.45, 2.75) is 6.92 Å². The van der Waals surface area contributed by atoms with Crippen molar-refractivity contribution in [2.24, 2.45) is 0 Å². The molecule has 1 fully saturated rings. The summed E-state index contributed by atoms with van der Waals surface area (Å²) in [6.07, 6.45) is 1.62. The molecule has 1 aliphatic heterocycles. The van der Waals surface area contributed by atoms with E-state index in [2.05, 4.69) is 15.9 Å². The molecular formula is C20H16BrNO4S. The molecule has 0 unspecified atom stereocenters. The zero-order chi connectivity index (χ0) is 19.4. The van der Waals surface area contributed by atoms with E-state index >= 15 is 0 Å². The highest BCUT2D eigenvalue weighted by Crippen LogP contribution is 2.34. The molecule has 2 amide bonds. The van der Waals surface area contributed by atoms with Crippen LogP contribution in [0.1, 0.15) is 22.8 Å². The molecule has 0 N–H and O–H groups in total. The Bertz CT molecular complexity index is 924. The van der Waals surface area contributed by atoms with Gasteiger partial charge in [-0.05, 0) is 43.0 Å². The summed E-state index contributed by atoms with van der Waals surface area (Å²) in [5.41, 5.74) is 1.16. The average Bonchev–Trinajstić information content (AvgIpc) is 2.91. The first-order valence-corrected chi connectivity index (χ1v) is 9.86. The lowest BCUT2D eigenvalue weighted by atomic mass is 10.1. The Morgan fingerprint density at radius 1 is 1.15 bits per heavy atom. The van der Waals surface area contributed by atoms with Crippen molar-refractivity contribution in [3.05, 3.63) is 69.0 Å². The molecular weight excluding hydrogens is 430 g/mol. The summed E-state index contributed by atoms with van der Waals surface area (Å²) < 4.78 is 6.39. The Morgan fingerprint density at radius 3 is 2.56 bits per heavy atom. The molecule has 2 aromatic rings. The summed E-state index contributed by atoms with van der Waals surface area (Å²) in [5, 5.41) is -0.453. The molecule has 0 aliphatic carbocycles. The molecule has 5 nitrogen and oxygen atoms in total. The predicted octanol–water partition coefficient (Wildman–Crippen LogP) is 4.77. The third-order valence-corrected chi connectivity index (χ3v) is 5.28. The highest BCUT2D eigenvalue weighted by molar-refractivity contribution is 9.10. The van der Waals surface area contributed by atoms with Gasteiger partial charge >= 0.3 is 0 Å². The largest absolute Gasteiger partial charge is 0.493 e. The first-order chi connectivity index (χ1) is 13.0. The minimum Gasteiger partial charge on any atom is -0.493 e. The molecule has 7 heteroatoms. The fourth-order valence-electron chi connectivity index (χ4n) is 2.53. The van der Waals surface area contributed by atoms with E-state index in [1.165, 1.54) is 0 Å². The van der Waals surface area contributed by atoms with Gasteiger partial charge in [-0.15, -0.1) is 0 Å². The van der Waals surface area contributed by atoms with Crippen molar-refractivity contribution >= 4 is 50.7 Å². The third-order valence-electron chi connectivity index (χ3n) is 3.85. The second-order valence-electron chi connectivity index (χ2n) is 5.67. The molecule has 0 aromatic heterocycles. The highest BCUT2D eigenvalue weighted by atomic mass is 79.9. The zero-order valence-corrected chi connectivity index (χ0v) is 16.9. The molecule has 2 aromatic carbocycles. The van der Waals surface area contributed by atoms with Crippen LogP contribution in [-0.4, -0.2) is 35.0 Å². The Kier molecular flexibility index (Phi) is 6.13. The van der Waals surface area contributed by atoms with Gasteiger partial charge in [-0.1, -0.05) is 46.3 Å². The maximum atomic E-state index is 12.6. The maximum Gasteiger partial charge on any atom is 0.293 e. The summed E-state index contributed by atoms with van der Waals surface area (Å²) in [5.74, 6) is -0.125. The molecule has 3 rings (SSSR count). The number of carbonyl (C=O) groups excluding carboxylic acids is 3. The van der Waals surface area contributed by atoms with Crippen molar-refractivity contribution in [3.63, 3.8) is 0 Å². The van der Waals surface area contributed by atoms with Gasteiger partial charge in [0.25, 0.3) is 11.1 Å². The Labute approximate surface area is 169 Å². The fraction of sp³-hybridized carbons (Fsp3) is 0.150. The van der Waals surface area contributed by atoms with Gasteiger partial charge in [0.05, 0.1) is 18.1 Å². The molecule has 1 heterocycles. The van der Waals surface area contributed by atoms with Crippen LogP contribution in [0.25, 0.3) is 6.08 Å². The molecule has 0 bridgehead atoms. The van der Waals surface area contributed by atoms with Gasteiger partial charge in [0, 0.05) is 15.6 Å². The Morgan fingerprint density at radius 2 is 1.85 bits per heavy atom. The number of ketones is 1. The van der Waals surface area contributed by atoms with Crippen LogP contribution >= 0.6 is 27.7 Å². The van der Waals surface area contributed by atoms with Crippen LogP contribution in [0.15, 0.2) is 57.9 Å². The molecule has 138 valence electrons. The fourth-order valence-corrected chi connectivity index (χ4v) is 3.63. The highest BCUT2D eigenvalue weighted by Gasteiger charge is 2.36. The SMILES string of the molecule is CCOc1ccccc1/C=C1/SC(=O)N(CC(=O)c2ccc(Br)cc2)C1=O. The van der Waals surface area contributed by atoms with Crippen LogP contribution in [0.2, 0.25) is 0 Å². The van der Waals surface area contributed by atoms with Gasteiger partial charge in [0.15, 0.2) is 5.78 Å². The smallest absolute Gasteiger partial charge is 0.293 e. The van der Waals surface area contributed by atoms with E-state index in [-0.39, 0.29) is 17.2 Å². The van der Waals surface area contributed by atoms with Crippen LogP contribution in [-0.2, 0) is 4.79 Å². The quantitative estimate of drug-likeness (QED) is 0.473. The van der Waals surface area contributed by atoms with Crippen LogP contribution in [0.5, 0.6) is 5.75 Å². The molecule has 1 saturated heterocycles. The van der Waals surface area contributed by atoms with Crippen molar-refractivity contribution in [1.82, 2.24) is 4.90 Å². The van der Waals surface area contributed by atoms with E-state index in [0.29, 0.717) is 23.5 Å². The van der Waals surface area contributed by atoms with Gasteiger partial charge in [-0.3, -0.25) is 19.3 Å². The first-order valence-electron chi connectivity index (χ1n) is 8.25. The lowest BCUT2D eigenvalue weighted by molar-refractivity contribution is -0.122. The Hall–Kier alpha value is -2.38. The standard InChI is InChI=1S/C20H16BrNO4S/c1-2-26-17-6-4-3-5-14(17)11-18-19(24)22(20(25)27-18)12-16(23)13-7-9-15(21)10-8-13/h3-11H,2,12H2,1H3/b18-11+. The summed E-state index contributed by atoms with van der Waals surface area (Å²) in [6.45, 7) is 2.09. The third kappa shape index (κ3) is 4.48. The number of benzene rings is 2. The monoisotopic (exact) mass is 445 g/mol. The maximum absolute atomic E-state index is 12.6. The van der Waals surface area contributed by atoms with E-state index < -0.39 is 11.1 Å². The number of para-hydroxylation sites is 1. The number of nitrogens with zero attached hydrogens (tertiary/aromatic N) is 1. The number of imide groups is 1. The van der Waals surface area contributed by atoms with Crippen molar-refractivity contribution in [1.29, 1.82) is 0 Å². The van der Waals surface area contributed by atoms with Crippen LogP contribution in [0.3, 0.4) is 0 Å². The lowest BCUT2D eigenvalue weighted by Gasteiger charge is -2.11. The average molecular weight is 446 g/mol. The van der Waals surface area contributed by atoms with Gasteiger partial charge in [0.1, 0.15) is 5.75 Å². The predicted molar refractivity (Wildman–Crippen MR) is 109 cm³/mol. The van der Waals surface area contributed by atoms with E-state index in [1.54, 1.807) is 36.4 Å². The second-order valence-corrected chi connectivity index (χ2v) is 7.58. The Balaban J connectivity index is 1.79. The zero-order valence-electron chi connectivity index (χ0n) is 14.5. The molecule has 1 aliphatic rings. The second kappa shape index (κ2) is 8.54. The molecule has 0 saturated carbocycles. The topological polar surface area (TPSA) is 63.7 Å². The molecule has 27 heavy (non-hydrogen) atoms. The number of rotatable bonds is 6. The lowest BCUT2D eigenvalue weighted by Crippen LogP contribution is -2.33. The van der Waals surface area contributed by atoms with E-state index in [1.807, 2.05) is 25.1 Å². The number of ether oxygens (including phenoxy) is 1. The van der Waals surface area contributed by atoms with Crippen molar-refractivity contribution in [2.75, 3.05) is 13.2 Å². The number of hydrogen-bond donors (Lipinski definition) is 0. The van der Waals surface area contributed by atoms with Gasteiger partial charge in [-0.2, -0.15) is 0 Å².